The van der Waals surface area contributed by atoms with Gasteiger partial charge in [-0.3, -0.25) is 0 Å². The molecule has 2 nitrogen and oxygen atoms in total. The molecule has 0 radical (unpaired) electrons. The third-order valence-corrected chi connectivity index (χ3v) is 3.85. The summed E-state index contributed by atoms with van der Waals surface area (Å²) in [6.45, 7) is 7.51. The highest BCUT2D eigenvalue weighted by molar-refractivity contribution is 5.10. The van der Waals surface area contributed by atoms with Crippen molar-refractivity contribution in [2.24, 2.45) is 0 Å². The molecule has 0 amide bonds. The molecule has 100 valence electrons. The molecule has 0 bridgehead atoms. The number of hydrogen-bond donors (Lipinski definition) is 1. The van der Waals surface area contributed by atoms with Crippen LogP contribution in [0.4, 0.5) is 0 Å². The molecule has 0 aromatic heterocycles. The first-order valence-corrected chi connectivity index (χ1v) is 7.08. The Morgan fingerprint density at radius 3 is 2.24 bits per heavy atom. The summed E-state index contributed by atoms with van der Waals surface area (Å²) in [6, 6.07) is 0.362. The molecular weight excluding hydrogens is 210 g/mol. The van der Waals surface area contributed by atoms with Gasteiger partial charge in [-0.25, -0.2) is 0 Å². The summed E-state index contributed by atoms with van der Waals surface area (Å²) in [4.78, 5) is 0. The van der Waals surface area contributed by atoms with E-state index in [4.69, 9.17) is 4.74 Å². The van der Waals surface area contributed by atoms with E-state index < -0.39 is 0 Å². The number of ether oxygens (including phenoxy) is 1. The molecule has 0 aromatic carbocycles. The van der Waals surface area contributed by atoms with Gasteiger partial charge in [-0.2, -0.15) is 0 Å². The van der Waals surface area contributed by atoms with Crippen molar-refractivity contribution in [2.45, 2.75) is 70.9 Å². The fourth-order valence-corrected chi connectivity index (χ4v) is 2.92. The summed E-state index contributed by atoms with van der Waals surface area (Å²) in [5, 5.41) is 3.60. The van der Waals surface area contributed by atoms with Gasteiger partial charge in [-0.1, -0.05) is 44.3 Å². The van der Waals surface area contributed by atoms with E-state index in [0.717, 1.165) is 6.54 Å². The van der Waals surface area contributed by atoms with Gasteiger partial charge in [0.25, 0.3) is 0 Å². The summed E-state index contributed by atoms with van der Waals surface area (Å²) in [6.07, 6.45) is 10.0. The van der Waals surface area contributed by atoms with Crippen molar-refractivity contribution in [3.63, 3.8) is 0 Å². The van der Waals surface area contributed by atoms with Crippen LogP contribution in [0.5, 0.6) is 0 Å². The first-order valence-electron chi connectivity index (χ1n) is 7.08. The number of nitrogens with one attached hydrogen (secondary N) is 1. The number of allylic oxidation sites excluding steroid dienone is 1. The van der Waals surface area contributed by atoms with Gasteiger partial charge in [0, 0.05) is 7.11 Å². The molecule has 1 unspecified atom stereocenters. The van der Waals surface area contributed by atoms with Crippen LogP contribution in [0, 0.1) is 0 Å². The minimum absolute atomic E-state index is 0.0176. The average molecular weight is 239 g/mol. The van der Waals surface area contributed by atoms with E-state index >= 15 is 0 Å². The zero-order valence-electron chi connectivity index (χ0n) is 12.0. The highest BCUT2D eigenvalue weighted by atomic mass is 16.5. The number of likely N-dealkylation sites (N-methyl/N-ethyl adjacent to an activating group) is 1. The quantitative estimate of drug-likeness (QED) is 0.584. The lowest BCUT2D eigenvalue weighted by atomic mass is 9.85. The summed E-state index contributed by atoms with van der Waals surface area (Å²) >= 11 is 0. The highest BCUT2D eigenvalue weighted by Gasteiger charge is 2.37. The van der Waals surface area contributed by atoms with Crippen LogP contribution < -0.4 is 5.32 Å². The highest BCUT2D eigenvalue weighted by Crippen LogP contribution is 2.33. The fraction of sp³-hybridized carbons (Fsp3) is 0.867. The van der Waals surface area contributed by atoms with Crippen LogP contribution in [0.1, 0.15) is 59.3 Å². The molecule has 1 aliphatic rings. The molecule has 17 heavy (non-hydrogen) atoms. The van der Waals surface area contributed by atoms with E-state index in [1.807, 2.05) is 7.11 Å². The molecule has 0 saturated heterocycles. The predicted octanol–water partition coefficient (Wildman–Crippen LogP) is 3.67. The third kappa shape index (κ3) is 4.11. The maximum Gasteiger partial charge on any atom is 0.0866 e. The maximum atomic E-state index is 5.97. The molecule has 1 rings (SSSR count). The normalized spacial score (nSPS) is 21.6. The fourth-order valence-electron chi connectivity index (χ4n) is 2.92. The largest absolute Gasteiger partial charge is 0.376 e. The Bertz CT molecular complexity index is 235. The van der Waals surface area contributed by atoms with E-state index in [1.165, 1.54) is 44.1 Å². The molecule has 0 aromatic rings. The molecule has 1 fully saturated rings. The molecule has 2 heteroatoms. The first kappa shape index (κ1) is 14.7. The van der Waals surface area contributed by atoms with Crippen molar-refractivity contribution in [1.29, 1.82) is 0 Å². The van der Waals surface area contributed by atoms with E-state index in [9.17, 15) is 0 Å². The Morgan fingerprint density at radius 1 is 1.24 bits per heavy atom. The standard InChI is InChI=1S/C15H29NO/c1-5-16-14(12-13(2)3)15(17-4)10-8-6-7-9-11-15/h12,14,16H,5-11H2,1-4H3. The van der Waals surface area contributed by atoms with Crippen molar-refractivity contribution in [2.75, 3.05) is 13.7 Å². The number of hydrogen-bond acceptors (Lipinski definition) is 2. The second kappa shape index (κ2) is 7.17. The lowest BCUT2D eigenvalue weighted by Crippen LogP contribution is -2.51. The van der Waals surface area contributed by atoms with Crippen LogP contribution in [0.15, 0.2) is 11.6 Å². The second-order valence-electron chi connectivity index (χ2n) is 5.46. The molecule has 1 N–H and O–H groups in total. The van der Waals surface area contributed by atoms with E-state index in [2.05, 4.69) is 32.2 Å². The Hall–Kier alpha value is -0.340. The summed E-state index contributed by atoms with van der Waals surface area (Å²) < 4.78 is 5.97. The molecule has 1 saturated carbocycles. The molecule has 0 spiro atoms. The van der Waals surface area contributed by atoms with E-state index in [0.29, 0.717) is 6.04 Å². The minimum Gasteiger partial charge on any atom is -0.376 e. The third-order valence-electron chi connectivity index (χ3n) is 3.85. The van der Waals surface area contributed by atoms with Gasteiger partial charge in [-0.05, 0) is 33.2 Å². The van der Waals surface area contributed by atoms with Gasteiger partial charge in [0.1, 0.15) is 0 Å². The summed E-state index contributed by atoms with van der Waals surface area (Å²) in [5.74, 6) is 0. The maximum absolute atomic E-state index is 5.97. The molecular formula is C15H29NO. The first-order chi connectivity index (χ1) is 8.14. The topological polar surface area (TPSA) is 21.3 Å². The Morgan fingerprint density at radius 2 is 1.82 bits per heavy atom. The van der Waals surface area contributed by atoms with Crippen LogP contribution in [0.2, 0.25) is 0 Å². The van der Waals surface area contributed by atoms with Crippen LogP contribution >= 0.6 is 0 Å². The van der Waals surface area contributed by atoms with Gasteiger partial charge in [0.2, 0.25) is 0 Å². The van der Waals surface area contributed by atoms with Crippen LogP contribution in [0.25, 0.3) is 0 Å². The van der Waals surface area contributed by atoms with Gasteiger partial charge in [0.05, 0.1) is 11.6 Å². The zero-order valence-corrected chi connectivity index (χ0v) is 12.0. The van der Waals surface area contributed by atoms with Crippen molar-refractivity contribution < 1.29 is 4.74 Å². The van der Waals surface area contributed by atoms with Gasteiger partial charge >= 0.3 is 0 Å². The van der Waals surface area contributed by atoms with E-state index in [-0.39, 0.29) is 5.60 Å². The average Bonchev–Trinajstić information content (AvgIpc) is 2.54. The van der Waals surface area contributed by atoms with Crippen LogP contribution in [0.3, 0.4) is 0 Å². The SMILES string of the molecule is CCNC(C=C(C)C)C1(OC)CCCCCC1. The number of rotatable bonds is 5. The van der Waals surface area contributed by atoms with Gasteiger partial charge in [0.15, 0.2) is 0 Å². The van der Waals surface area contributed by atoms with Gasteiger partial charge in [-0.15, -0.1) is 0 Å². The van der Waals surface area contributed by atoms with E-state index in [1.54, 1.807) is 0 Å². The Balaban J connectivity index is 2.87. The Labute approximate surface area is 107 Å². The van der Waals surface area contributed by atoms with Crippen LogP contribution in [-0.2, 0) is 4.74 Å². The van der Waals surface area contributed by atoms with Crippen molar-refractivity contribution in [1.82, 2.24) is 5.32 Å². The van der Waals surface area contributed by atoms with Crippen molar-refractivity contribution in [3.8, 4) is 0 Å². The second-order valence-corrected chi connectivity index (χ2v) is 5.46. The van der Waals surface area contributed by atoms with Gasteiger partial charge < -0.3 is 10.1 Å². The lowest BCUT2D eigenvalue weighted by Gasteiger charge is -2.38. The monoisotopic (exact) mass is 239 g/mol. The molecule has 1 atom stereocenters. The predicted molar refractivity (Wildman–Crippen MR) is 74.3 cm³/mol. The smallest absolute Gasteiger partial charge is 0.0866 e. The lowest BCUT2D eigenvalue weighted by molar-refractivity contribution is -0.0405. The Kier molecular flexibility index (Phi) is 6.21. The summed E-state index contributed by atoms with van der Waals surface area (Å²) in [7, 11) is 1.88. The minimum atomic E-state index is 0.0176. The van der Waals surface area contributed by atoms with Crippen molar-refractivity contribution in [3.05, 3.63) is 11.6 Å². The zero-order chi connectivity index (χ0) is 12.7. The molecule has 0 heterocycles. The van der Waals surface area contributed by atoms with Crippen LogP contribution in [-0.4, -0.2) is 25.3 Å². The molecule has 0 aliphatic heterocycles. The number of methoxy groups -OCH3 is 1. The molecule has 1 aliphatic carbocycles. The van der Waals surface area contributed by atoms with Crippen molar-refractivity contribution >= 4 is 0 Å². The summed E-state index contributed by atoms with van der Waals surface area (Å²) in [5.41, 5.74) is 1.39.